The van der Waals surface area contributed by atoms with Crippen LogP contribution in [0.1, 0.15) is 22.8 Å². The van der Waals surface area contributed by atoms with Crippen LogP contribution in [0.3, 0.4) is 0 Å². The lowest BCUT2D eigenvalue weighted by Gasteiger charge is -2.12. The number of Topliss-reactive ketones (excluding diaryl/α,β-unsaturated/α-hetero) is 1. The van der Waals surface area contributed by atoms with Gasteiger partial charge in [0.2, 0.25) is 5.78 Å². The molecule has 0 radical (unpaired) electrons. The Morgan fingerprint density at radius 2 is 1.89 bits per heavy atom. The molecule has 0 aromatic heterocycles. The average Bonchev–Trinajstić information content (AvgIpc) is 2.66. The normalized spacial score (nSPS) is 11.2. The molecule has 0 aliphatic carbocycles. The minimum atomic E-state index is -0.766. The number of halogens is 2. The van der Waals surface area contributed by atoms with Crippen LogP contribution >= 0.6 is 23.2 Å². The summed E-state index contributed by atoms with van der Waals surface area (Å²) in [6, 6.07) is 13.1. The number of nitrogens with two attached hydrogens (primary N) is 1. The van der Waals surface area contributed by atoms with Crippen molar-refractivity contribution in [3.8, 4) is 11.8 Å². The van der Waals surface area contributed by atoms with E-state index < -0.39 is 18.4 Å². The molecule has 0 saturated carbocycles. The van der Waals surface area contributed by atoms with Gasteiger partial charge in [0.05, 0.1) is 0 Å². The number of allylic oxidation sites excluding steroid dienone is 1. The van der Waals surface area contributed by atoms with E-state index in [-0.39, 0.29) is 29.2 Å². The second kappa shape index (κ2) is 9.79. The lowest BCUT2D eigenvalue weighted by atomic mass is 10.1. The first kappa shape index (κ1) is 21.3. The average molecular weight is 419 g/mol. The van der Waals surface area contributed by atoms with E-state index in [2.05, 4.69) is 0 Å². The monoisotopic (exact) mass is 418 g/mol. The standard InChI is InChI=1S/C20H16Cl2N2O4/c1-12(24)16(9-23)18(25)11-28-20(26)15-4-2-3-5-19(15)27-10-13-6-7-14(21)8-17(13)22/h2-8H,10-11,24H2,1H3/b16-12-. The zero-order chi connectivity index (χ0) is 20.7. The first-order chi connectivity index (χ1) is 13.3. The van der Waals surface area contributed by atoms with Crippen molar-refractivity contribution in [1.82, 2.24) is 0 Å². The first-order valence-electron chi connectivity index (χ1n) is 8.06. The molecule has 0 saturated heterocycles. The Balaban J connectivity index is 2.08. The molecule has 6 nitrogen and oxygen atoms in total. The fourth-order valence-electron chi connectivity index (χ4n) is 2.21. The van der Waals surface area contributed by atoms with Crippen LogP contribution < -0.4 is 10.5 Å². The van der Waals surface area contributed by atoms with E-state index >= 15 is 0 Å². The van der Waals surface area contributed by atoms with E-state index in [0.717, 1.165) is 0 Å². The molecule has 0 heterocycles. The summed E-state index contributed by atoms with van der Waals surface area (Å²) >= 11 is 12.0. The number of hydrogen-bond donors (Lipinski definition) is 1. The SMILES string of the molecule is C/C(N)=C(\C#N)C(=O)COC(=O)c1ccccc1OCc1ccc(Cl)cc1Cl. The summed E-state index contributed by atoms with van der Waals surface area (Å²) in [5.74, 6) is -1.18. The van der Waals surface area contributed by atoms with Gasteiger partial charge in [-0.3, -0.25) is 4.79 Å². The lowest BCUT2D eigenvalue weighted by molar-refractivity contribution is -0.118. The third-order valence-electron chi connectivity index (χ3n) is 3.62. The predicted octanol–water partition coefficient (Wildman–Crippen LogP) is 4.05. The zero-order valence-corrected chi connectivity index (χ0v) is 16.4. The summed E-state index contributed by atoms with van der Waals surface area (Å²) in [4.78, 5) is 24.3. The number of ketones is 1. The van der Waals surface area contributed by atoms with Gasteiger partial charge >= 0.3 is 5.97 Å². The summed E-state index contributed by atoms with van der Waals surface area (Å²) in [5.41, 5.74) is 6.10. The van der Waals surface area contributed by atoms with Crippen molar-refractivity contribution in [2.24, 2.45) is 5.73 Å². The van der Waals surface area contributed by atoms with Crippen LogP contribution in [0.4, 0.5) is 0 Å². The Hall–Kier alpha value is -3.01. The maximum absolute atomic E-state index is 12.3. The predicted molar refractivity (Wildman–Crippen MR) is 105 cm³/mol. The summed E-state index contributed by atoms with van der Waals surface area (Å²) in [7, 11) is 0. The number of esters is 1. The number of rotatable bonds is 7. The number of nitriles is 1. The number of carbonyl (C=O) groups excluding carboxylic acids is 2. The van der Waals surface area contributed by atoms with Crippen molar-refractivity contribution in [3.05, 3.63) is 74.9 Å². The molecule has 2 aromatic carbocycles. The number of carbonyl (C=O) groups is 2. The number of nitrogens with zero attached hydrogens (tertiary/aromatic N) is 1. The molecule has 144 valence electrons. The van der Waals surface area contributed by atoms with Crippen LogP contribution in [0.2, 0.25) is 10.0 Å². The van der Waals surface area contributed by atoms with Crippen molar-refractivity contribution in [2.75, 3.05) is 6.61 Å². The summed E-state index contributed by atoms with van der Waals surface area (Å²) in [5, 5.41) is 9.86. The van der Waals surface area contributed by atoms with Crippen molar-refractivity contribution >= 4 is 35.0 Å². The molecule has 0 aliphatic rings. The van der Waals surface area contributed by atoms with E-state index in [1.807, 2.05) is 0 Å². The van der Waals surface area contributed by atoms with Gasteiger partial charge in [0.15, 0.2) is 6.61 Å². The van der Waals surface area contributed by atoms with Crippen LogP contribution in [0, 0.1) is 11.3 Å². The van der Waals surface area contributed by atoms with Crippen LogP contribution in [-0.2, 0) is 16.1 Å². The molecule has 0 aliphatic heterocycles. The summed E-state index contributed by atoms with van der Waals surface area (Å²) in [6.07, 6.45) is 0. The summed E-state index contributed by atoms with van der Waals surface area (Å²) in [6.45, 7) is 0.920. The van der Waals surface area contributed by atoms with Gasteiger partial charge in [0.25, 0.3) is 0 Å². The summed E-state index contributed by atoms with van der Waals surface area (Å²) < 4.78 is 10.7. The maximum Gasteiger partial charge on any atom is 0.342 e. The fourth-order valence-corrected chi connectivity index (χ4v) is 2.67. The Kier molecular flexibility index (Phi) is 7.44. The van der Waals surface area contributed by atoms with Gasteiger partial charge in [-0.25, -0.2) is 4.79 Å². The van der Waals surface area contributed by atoms with E-state index in [9.17, 15) is 9.59 Å². The Bertz CT molecular complexity index is 976. The van der Waals surface area contributed by atoms with Gasteiger partial charge in [-0.15, -0.1) is 0 Å². The van der Waals surface area contributed by atoms with Gasteiger partial charge < -0.3 is 15.2 Å². The number of para-hydroxylation sites is 1. The molecule has 0 fully saturated rings. The van der Waals surface area contributed by atoms with Gasteiger partial charge in [-0.2, -0.15) is 5.26 Å². The highest BCUT2D eigenvalue weighted by atomic mass is 35.5. The second-order valence-electron chi connectivity index (χ2n) is 5.69. The smallest absolute Gasteiger partial charge is 0.342 e. The quantitative estimate of drug-likeness (QED) is 0.413. The molecule has 0 unspecified atom stereocenters. The van der Waals surface area contributed by atoms with Gasteiger partial charge in [0.1, 0.15) is 29.6 Å². The largest absolute Gasteiger partial charge is 0.488 e. The van der Waals surface area contributed by atoms with Crippen LogP contribution in [0.15, 0.2) is 53.7 Å². The molecule has 2 N–H and O–H groups in total. The van der Waals surface area contributed by atoms with E-state index in [4.69, 9.17) is 43.7 Å². The van der Waals surface area contributed by atoms with Crippen molar-refractivity contribution in [1.29, 1.82) is 5.26 Å². The molecule has 0 atom stereocenters. The van der Waals surface area contributed by atoms with Gasteiger partial charge in [-0.1, -0.05) is 41.4 Å². The number of ether oxygens (including phenoxy) is 2. The first-order valence-corrected chi connectivity index (χ1v) is 8.81. The van der Waals surface area contributed by atoms with E-state index in [1.165, 1.54) is 13.0 Å². The van der Waals surface area contributed by atoms with Crippen molar-refractivity contribution in [2.45, 2.75) is 13.5 Å². The fraction of sp³-hybridized carbons (Fsp3) is 0.150. The maximum atomic E-state index is 12.3. The molecule has 8 heteroatoms. The highest BCUT2D eigenvalue weighted by Crippen LogP contribution is 2.25. The third-order valence-corrected chi connectivity index (χ3v) is 4.21. The molecule has 0 spiro atoms. The van der Waals surface area contributed by atoms with E-state index in [0.29, 0.717) is 15.6 Å². The molecule has 2 aromatic rings. The molecule has 0 amide bonds. The molecular formula is C20H16Cl2N2O4. The molecule has 28 heavy (non-hydrogen) atoms. The van der Waals surface area contributed by atoms with Crippen molar-refractivity contribution < 1.29 is 19.1 Å². The van der Waals surface area contributed by atoms with E-state index in [1.54, 1.807) is 42.5 Å². The van der Waals surface area contributed by atoms with Crippen LogP contribution in [-0.4, -0.2) is 18.4 Å². The van der Waals surface area contributed by atoms with Crippen LogP contribution in [0.25, 0.3) is 0 Å². The zero-order valence-electron chi connectivity index (χ0n) is 14.9. The number of hydrogen-bond acceptors (Lipinski definition) is 6. The highest BCUT2D eigenvalue weighted by Gasteiger charge is 2.18. The van der Waals surface area contributed by atoms with Crippen molar-refractivity contribution in [3.63, 3.8) is 0 Å². The molecular weight excluding hydrogens is 403 g/mol. The van der Waals surface area contributed by atoms with Gasteiger partial charge in [0, 0.05) is 21.3 Å². The van der Waals surface area contributed by atoms with Gasteiger partial charge in [-0.05, 0) is 31.2 Å². The molecule has 0 bridgehead atoms. The Morgan fingerprint density at radius 1 is 1.18 bits per heavy atom. The minimum Gasteiger partial charge on any atom is -0.488 e. The number of benzene rings is 2. The lowest BCUT2D eigenvalue weighted by Crippen LogP contribution is -2.18. The third kappa shape index (κ3) is 5.49. The highest BCUT2D eigenvalue weighted by molar-refractivity contribution is 6.35. The second-order valence-corrected chi connectivity index (χ2v) is 6.53. The minimum absolute atomic E-state index is 0.0622. The molecule has 2 rings (SSSR count). The topological polar surface area (TPSA) is 102 Å². The Labute approximate surface area is 172 Å². The Morgan fingerprint density at radius 3 is 2.54 bits per heavy atom. The van der Waals surface area contributed by atoms with Crippen LogP contribution in [0.5, 0.6) is 5.75 Å².